The molecule has 0 fully saturated rings. The maximum Gasteiger partial charge on any atom is 0.197 e. The van der Waals surface area contributed by atoms with Crippen LogP contribution in [0.25, 0.3) is 16.7 Å². The van der Waals surface area contributed by atoms with Crippen LogP contribution in [0.1, 0.15) is 11.4 Å². The summed E-state index contributed by atoms with van der Waals surface area (Å²) in [6, 6.07) is 26.0. The zero-order valence-electron chi connectivity index (χ0n) is 16.9. The van der Waals surface area contributed by atoms with Gasteiger partial charge in [-0.2, -0.15) is 0 Å². The third-order valence-electron chi connectivity index (χ3n) is 4.84. The van der Waals surface area contributed by atoms with E-state index in [-0.39, 0.29) is 0 Å². The van der Waals surface area contributed by atoms with Gasteiger partial charge in [-0.15, -0.1) is 15.3 Å². The van der Waals surface area contributed by atoms with E-state index < -0.39 is 0 Å². The molecule has 0 aliphatic rings. The number of aryl methyl sites for hydroxylation is 1. The summed E-state index contributed by atoms with van der Waals surface area (Å²) in [6.07, 6.45) is 0. The molecule has 7 nitrogen and oxygen atoms in total. The zero-order chi connectivity index (χ0) is 21.0. The van der Waals surface area contributed by atoms with Crippen molar-refractivity contribution < 1.29 is 4.74 Å². The van der Waals surface area contributed by atoms with E-state index in [0.29, 0.717) is 12.5 Å². The van der Waals surface area contributed by atoms with Crippen molar-refractivity contribution in [2.45, 2.75) is 24.6 Å². The van der Waals surface area contributed by atoms with Gasteiger partial charge in [0.25, 0.3) is 0 Å². The minimum Gasteiger partial charge on any atom is -0.486 e. The van der Waals surface area contributed by atoms with Gasteiger partial charge in [0.2, 0.25) is 0 Å². The SMILES string of the molecule is Cc1ccc(OCc2nnc(SCn3nnc4ccccc43)n2-c2ccccc2)cc1. The number of ether oxygens (including phenoxy) is 1. The Bertz CT molecular complexity index is 1300. The van der Waals surface area contributed by atoms with Gasteiger partial charge in [0.15, 0.2) is 11.0 Å². The van der Waals surface area contributed by atoms with Crippen LogP contribution in [0, 0.1) is 6.92 Å². The highest BCUT2D eigenvalue weighted by Gasteiger charge is 2.16. The third kappa shape index (κ3) is 4.15. The molecule has 8 heteroatoms. The highest BCUT2D eigenvalue weighted by atomic mass is 32.2. The van der Waals surface area contributed by atoms with Crippen LogP contribution in [-0.4, -0.2) is 29.8 Å². The van der Waals surface area contributed by atoms with E-state index in [2.05, 4.69) is 27.4 Å². The number of aromatic nitrogens is 6. The number of para-hydroxylation sites is 2. The largest absolute Gasteiger partial charge is 0.486 e. The fourth-order valence-electron chi connectivity index (χ4n) is 3.24. The summed E-state index contributed by atoms with van der Waals surface area (Å²) in [4.78, 5) is 0. The van der Waals surface area contributed by atoms with Crippen molar-refractivity contribution in [2.24, 2.45) is 0 Å². The lowest BCUT2D eigenvalue weighted by molar-refractivity contribution is 0.292. The Balaban J connectivity index is 1.41. The number of nitrogens with zero attached hydrogens (tertiary/aromatic N) is 6. The molecule has 0 atom stereocenters. The molecule has 0 radical (unpaired) electrons. The molecule has 0 saturated heterocycles. The molecule has 5 rings (SSSR count). The van der Waals surface area contributed by atoms with Crippen molar-refractivity contribution >= 4 is 22.8 Å². The Morgan fingerprint density at radius 2 is 1.61 bits per heavy atom. The molecule has 0 unspecified atom stereocenters. The predicted molar refractivity (Wildman–Crippen MR) is 120 cm³/mol. The highest BCUT2D eigenvalue weighted by molar-refractivity contribution is 7.98. The molecule has 0 aliphatic carbocycles. The van der Waals surface area contributed by atoms with Crippen LogP contribution >= 0.6 is 11.8 Å². The second-order valence-corrected chi connectivity index (χ2v) is 7.93. The van der Waals surface area contributed by atoms with E-state index >= 15 is 0 Å². The van der Waals surface area contributed by atoms with E-state index in [1.807, 2.05) is 88.1 Å². The number of hydrogen-bond acceptors (Lipinski definition) is 6. The van der Waals surface area contributed by atoms with Crippen molar-refractivity contribution in [3.63, 3.8) is 0 Å². The molecule has 0 saturated carbocycles. The Hall–Kier alpha value is -3.65. The molecule has 2 heterocycles. The van der Waals surface area contributed by atoms with Gasteiger partial charge in [-0.3, -0.25) is 4.57 Å². The van der Waals surface area contributed by atoms with Crippen LogP contribution in [-0.2, 0) is 12.5 Å². The number of fused-ring (bicyclic) bond motifs is 1. The van der Waals surface area contributed by atoms with Crippen molar-refractivity contribution in [1.82, 2.24) is 29.8 Å². The van der Waals surface area contributed by atoms with Crippen molar-refractivity contribution in [2.75, 3.05) is 0 Å². The molecule has 0 spiro atoms. The molecule has 5 aromatic rings. The smallest absolute Gasteiger partial charge is 0.197 e. The standard InChI is InChI=1S/C23H20N6OS/c1-17-11-13-19(14-12-17)30-15-22-25-26-23(29(22)18-7-3-2-4-8-18)31-16-28-21-10-6-5-9-20(21)24-27-28/h2-14H,15-16H2,1H3. The molecule has 0 bridgehead atoms. The van der Waals surface area contributed by atoms with Gasteiger partial charge in [-0.05, 0) is 43.3 Å². The van der Waals surface area contributed by atoms with Crippen molar-refractivity contribution in [1.29, 1.82) is 0 Å². The minimum atomic E-state index is 0.317. The first kappa shape index (κ1) is 19.3. The molecule has 31 heavy (non-hydrogen) atoms. The van der Waals surface area contributed by atoms with Crippen LogP contribution < -0.4 is 4.74 Å². The van der Waals surface area contributed by atoms with E-state index in [0.717, 1.165) is 33.5 Å². The lowest BCUT2D eigenvalue weighted by atomic mass is 10.2. The van der Waals surface area contributed by atoms with Gasteiger partial charge in [-0.1, -0.05) is 65.0 Å². The van der Waals surface area contributed by atoms with Gasteiger partial charge in [0, 0.05) is 5.69 Å². The summed E-state index contributed by atoms with van der Waals surface area (Å²) >= 11 is 1.55. The quantitative estimate of drug-likeness (QED) is 0.352. The van der Waals surface area contributed by atoms with Crippen LogP contribution in [0.2, 0.25) is 0 Å². The normalized spacial score (nSPS) is 11.1. The Morgan fingerprint density at radius 3 is 2.45 bits per heavy atom. The summed E-state index contributed by atoms with van der Waals surface area (Å²) in [5.41, 5.74) is 4.04. The van der Waals surface area contributed by atoms with Crippen LogP contribution in [0.4, 0.5) is 0 Å². The van der Waals surface area contributed by atoms with E-state index in [1.165, 1.54) is 5.56 Å². The third-order valence-corrected chi connectivity index (χ3v) is 5.74. The summed E-state index contributed by atoms with van der Waals surface area (Å²) in [6.45, 7) is 2.37. The summed E-state index contributed by atoms with van der Waals surface area (Å²) in [7, 11) is 0. The molecule has 3 aromatic carbocycles. The lowest BCUT2D eigenvalue weighted by Crippen LogP contribution is -2.07. The second-order valence-electron chi connectivity index (χ2n) is 7.02. The maximum atomic E-state index is 5.97. The van der Waals surface area contributed by atoms with E-state index in [9.17, 15) is 0 Å². The first-order valence-electron chi connectivity index (χ1n) is 9.88. The zero-order valence-corrected chi connectivity index (χ0v) is 17.7. The van der Waals surface area contributed by atoms with Crippen LogP contribution in [0.5, 0.6) is 5.75 Å². The summed E-state index contributed by atoms with van der Waals surface area (Å²) in [5, 5.41) is 18.1. The van der Waals surface area contributed by atoms with Crippen molar-refractivity contribution in [3.05, 3.63) is 90.3 Å². The highest BCUT2D eigenvalue weighted by Crippen LogP contribution is 2.25. The molecule has 154 valence electrons. The van der Waals surface area contributed by atoms with E-state index in [4.69, 9.17) is 4.74 Å². The number of benzene rings is 3. The maximum absolute atomic E-state index is 5.97. The average molecular weight is 429 g/mol. The molecular formula is C23H20N6OS. The second kappa shape index (κ2) is 8.61. The van der Waals surface area contributed by atoms with Crippen molar-refractivity contribution in [3.8, 4) is 11.4 Å². The molecule has 2 aromatic heterocycles. The molecule has 0 amide bonds. The molecule has 0 N–H and O–H groups in total. The number of thioether (sulfide) groups is 1. The van der Waals surface area contributed by atoms with Gasteiger partial charge >= 0.3 is 0 Å². The Kier molecular flexibility index (Phi) is 5.37. The fraction of sp³-hybridized carbons (Fsp3) is 0.130. The molecule has 0 aliphatic heterocycles. The summed E-state index contributed by atoms with van der Waals surface area (Å²) < 4.78 is 9.86. The first-order valence-corrected chi connectivity index (χ1v) is 10.9. The predicted octanol–water partition coefficient (Wildman–Crippen LogP) is 4.65. The van der Waals surface area contributed by atoms with Gasteiger partial charge in [0.05, 0.1) is 11.4 Å². The van der Waals surface area contributed by atoms with Gasteiger partial charge < -0.3 is 4.74 Å². The van der Waals surface area contributed by atoms with E-state index in [1.54, 1.807) is 11.8 Å². The van der Waals surface area contributed by atoms with Crippen LogP contribution in [0.15, 0.2) is 84.0 Å². The fourth-order valence-corrected chi connectivity index (χ4v) is 4.10. The monoisotopic (exact) mass is 428 g/mol. The summed E-state index contributed by atoms with van der Waals surface area (Å²) in [5.74, 6) is 2.11. The molecular weight excluding hydrogens is 408 g/mol. The topological polar surface area (TPSA) is 70.7 Å². The average Bonchev–Trinajstić information content (AvgIpc) is 3.42. The lowest BCUT2D eigenvalue weighted by Gasteiger charge is -2.11. The Morgan fingerprint density at radius 1 is 0.839 bits per heavy atom. The first-order chi connectivity index (χ1) is 15.3. The van der Waals surface area contributed by atoms with Crippen LogP contribution in [0.3, 0.4) is 0 Å². The number of hydrogen-bond donors (Lipinski definition) is 0. The Labute approximate surface area is 183 Å². The minimum absolute atomic E-state index is 0.317. The van der Waals surface area contributed by atoms with Gasteiger partial charge in [-0.25, -0.2) is 4.68 Å². The van der Waals surface area contributed by atoms with Gasteiger partial charge in [0.1, 0.15) is 17.9 Å². The number of rotatable bonds is 7.